The average molecular weight is 452 g/mol. The lowest BCUT2D eigenvalue weighted by Crippen LogP contribution is -2.49. The average Bonchev–Trinajstić information content (AvgIpc) is 3.10. The molecule has 2 fully saturated rings. The minimum Gasteiger partial charge on any atom is -0.381 e. The van der Waals surface area contributed by atoms with E-state index in [1.807, 2.05) is 11.8 Å². The summed E-state index contributed by atoms with van der Waals surface area (Å²) in [7, 11) is 1.46. The Balaban J connectivity index is 1.45. The van der Waals surface area contributed by atoms with Crippen molar-refractivity contribution in [1.82, 2.24) is 20.5 Å². The summed E-state index contributed by atoms with van der Waals surface area (Å²) in [4.78, 5) is 46.0. The van der Waals surface area contributed by atoms with Gasteiger partial charge in [0.2, 0.25) is 0 Å². The number of amides is 4. The van der Waals surface area contributed by atoms with Gasteiger partial charge in [0.25, 0.3) is 11.8 Å². The van der Waals surface area contributed by atoms with E-state index in [9.17, 15) is 14.4 Å². The second-order valence-electron chi connectivity index (χ2n) is 8.63. The maximum absolute atomic E-state index is 13.1. The van der Waals surface area contributed by atoms with Crippen molar-refractivity contribution in [2.45, 2.75) is 26.3 Å². The number of anilines is 1. The van der Waals surface area contributed by atoms with Crippen molar-refractivity contribution < 1.29 is 19.1 Å². The van der Waals surface area contributed by atoms with E-state index in [0.29, 0.717) is 37.3 Å². The number of pyridine rings is 1. The number of nitrogens with one attached hydrogen (secondary N) is 2. The minimum atomic E-state index is -1.30. The van der Waals surface area contributed by atoms with Crippen LogP contribution in [0.4, 0.5) is 10.6 Å². The summed E-state index contributed by atoms with van der Waals surface area (Å²) in [6, 6.07) is 8.35. The van der Waals surface area contributed by atoms with Gasteiger partial charge in [-0.05, 0) is 49.6 Å². The summed E-state index contributed by atoms with van der Waals surface area (Å²) < 4.78 is 5.18. The predicted octanol–water partition coefficient (Wildman–Crippen LogP) is 1.65. The van der Waals surface area contributed by atoms with Crippen LogP contribution in [0.2, 0.25) is 0 Å². The van der Waals surface area contributed by atoms with Gasteiger partial charge >= 0.3 is 6.03 Å². The van der Waals surface area contributed by atoms with E-state index in [4.69, 9.17) is 9.72 Å². The molecule has 2 aliphatic rings. The Morgan fingerprint density at radius 2 is 1.73 bits per heavy atom. The van der Waals surface area contributed by atoms with Gasteiger partial charge < -0.3 is 19.9 Å². The van der Waals surface area contributed by atoms with E-state index in [1.165, 1.54) is 12.7 Å². The van der Waals surface area contributed by atoms with Crippen LogP contribution in [0, 0.1) is 20.8 Å². The number of methoxy groups -OCH3 is 1. The van der Waals surface area contributed by atoms with Gasteiger partial charge in [-0.3, -0.25) is 14.9 Å². The van der Waals surface area contributed by atoms with Gasteiger partial charge in [-0.25, -0.2) is 9.78 Å². The molecule has 0 saturated carbocycles. The Hall–Kier alpha value is -3.46. The molecular formula is C24H29N5O4. The van der Waals surface area contributed by atoms with Gasteiger partial charge in [-0.1, -0.05) is 18.2 Å². The predicted molar refractivity (Wildman–Crippen MR) is 123 cm³/mol. The molecule has 2 saturated heterocycles. The van der Waals surface area contributed by atoms with Crippen molar-refractivity contribution in [3.8, 4) is 0 Å². The molecule has 33 heavy (non-hydrogen) atoms. The molecule has 9 nitrogen and oxygen atoms in total. The third-order valence-electron chi connectivity index (χ3n) is 6.42. The fraction of sp³-hybridized carbons (Fsp3) is 0.417. The molecule has 1 aromatic carbocycles. The number of aryl methyl sites for hydroxylation is 3. The zero-order valence-corrected chi connectivity index (χ0v) is 19.4. The van der Waals surface area contributed by atoms with Crippen LogP contribution in [0.15, 0.2) is 30.3 Å². The largest absolute Gasteiger partial charge is 0.381 e. The number of benzene rings is 1. The van der Waals surface area contributed by atoms with Crippen molar-refractivity contribution in [2.24, 2.45) is 0 Å². The fourth-order valence-corrected chi connectivity index (χ4v) is 4.45. The number of imide groups is 1. The molecule has 2 N–H and O–H groups in total. The van der Waals surface area contributed by atoms with Crippen molar-refractivity contribution in [2.75, 3.05) is 44.8 Å². The summed E-state index contributed by atoms with van der Waals surface area (Å²) in [5, 5.41) is 4.90. The Morgan fingerprint density at radius 1 is 1.06 bits per heavy atom. The van der Waals surface area contributed by atoms with E-state index >= 15 is 0 Å². The zero-order chi connectivity index (χ0) is 23.8. The van der Waals surface area contributed by atoms with Crippen LogP contribution in [-0.4, -0.2) is 67.6 Å². The normalized spacial score (nSPS) is 20.6. The first-order chi connectivity index (χ1) is 15.7. The number of ether oxygens (including phenoxy) is 1. The summed E-state index contributed by atoms with van der Waals surface area (Å²) >= 11 is 0. The van der Waals surface area contributed by atoms with E-state index in [0.717, 1.165) is 17.1 Å². The molecule has 0 radical (unpaired) electrons. The first kappa shape index (κ1) is 22.7. The summed E-state index contributed by atoms with van der Waals surface area (Å²) in [6.45, 7) is 8.75. The number of piperazine rings is 1. The van der Waals surface area contributed by atoms with E-state index < -0.39 is 17.5 Å². The second-order valence-corrected chi connectivity index (χ2v) is 8.63. The number of urea groups is 1. The van der Waals surface area contributed by atoms with E-state index in [1.54, 1.807) is 24.3 Å². The Labute approximate surface area is 193 Å². The number of carbonyl (C=O) groups is 3. The third kappa shape index (κ3) is 4.16. The van der Waals surface area contributed by atoms with Crippen LogP contribution in [0.1, 0.15) is 32.7 Å². The van der Waals surface area contributed by atoms with Crippen molar-refractivity contribution in [1.29, 1.82) is 0 Å². The summed E-state index contributed by atoms with van der Waals surface area (Å²) in [6.07, 6.45) is 0. The Bertz CT molecular complexity index is 1090. The van der Waals surface area contributed by atoms with E-state index in [2.05, 4.69) is 35.4 Å². The lowest BCUT2D eigenvalue weighted by Gasteiger charge is -2.36. The van der Waals surface area contributed by atoms with Crippen molar-refractivity contribution in [3.63, 3.8) is 0 Å². The van der Waals surface area contributed by atoms with Gasteiger partial charge in [0.05, 0.1) is 6.61 Å². The highest BCUT2D eigenvalue weighted by Gasteiger charge is 2.48. The van der Waals surface area contributed by atoms with Crippen LogP contribution in [0.5, 0.6) is 0 Å². The van der Waals surface area contributed by atoms with Gasteiger partial charge in [0, 0.05) is 44.5 Å². The molecule has 1 atom stereocenters. The Morgan fingerprint density at radius 3 is 2.30 bits per heavy atom. The number of hydrogen-bond acceptors (Lipinski definition) is 6. The molecule has 1 aromatic heterocycles. The standard InChI is InChI=1S/C24H29N5O4/c1-15-13-16(2)20(25-17(15)3)28-9-11-29(12-10-28)21(30)18-5-7-19(8-6-18)24(14-33-4)22(31)26-23(32)27-24/h5-8,13H,9-12,14H2,1-4H3,(H2,26,27,31,32). The lowest BCUT2D eigenvalue weighted by atomic mass is 9.90. The second kappa shape index (κ2) is 8.82. The quantitative estimate of drug-likeness (QED) is 0.670. The first-order valence-corrected chi connectivity index (χ1v) is 11.0. The van der Waals surface area contributed by atoms with Crippen LogP contribution < -0.4 is 15.5 Å². The molecule has 4 amide bonds. The highest BCUT2D eigenvalue weighted by molar-refractivity contribution is 6.07. The molecule has 9 heteroatoms. The molecule has 2 aliphatic heterocycles. The molecule has 2 aromatic rings. The number of nitrogens with zero attached hydrogens (tertiary/aromatic N) is 3. The lowest BCUT2D eigenvalue weighted by molar-refractivity contribution is -0.126. The maximum Gasteiger partial charge on any atom is 0.322 e. The summed E-state index contributed by atoms with van der Waals surface area (Å²) in [5.41, 5.74) is 3.13. The number of carbonyl (C=O) groups excluding carboxylic acids is 3. The van der Waals surface area contributed by atoms with Crippen LogP contribution in [-0.2, 0) is 15.1 Å². The monoisotopic (exact) mass is 451 g/mol. The van der Waals surface area contributed by atoms with Gasteiger partial charge in [-0.2, -0.15) is 0 Å². The molecule has 1 unspecified atom stereocenters. The van der Waals surface area contributed by atoms with Gasteiger partial charge in [0.1, 0.15) is 5.82 Å². The molecule has 0 spiro atoms. The fourth-order valence-electron chi connectivity index (χ4n) is 4.45. The molecule has 3 heterocycles. The topological polar surface area (TPSA) is 104 Å². The Kier molecular flexibility index (Phi) is 6.07. The maximum atomic E-state index is 13.1. The van der Waals surface area contributed by atoms with Crippen LogP contribution >= 0.6 is 0 Å². The smallest absolute Gasteiger partial charge is 0.322 e. The number of aromatic nitrogens is 1. The first-order valence-electron chi connectivity index (χ1n) is 11.0. The summed E-state index contributed by atoms with van der Waals surface area (Å²) in [5.74, 6) is 0.446. The molecule has 0 bridgehead atoms. The molecular weight excluding hydrogens is 422 g/mol. The van der Waals surface area contributed by atoms with Gasteiger partial charge in [-0.15, -0.1) is 0 Å². The van der Waals surface area contributed by atoms with Crippen LogP contribution in [0.25, 0.3) is 0 Å². The van der Waals surface area contributed by atoms with Gasteiger partial charge in [0.15, 0.2) is 5.54 Å². The number of hydrogen-bond donors (Lipinski definition) is 2. The SMILES string of the molecule is COCC1(c2ccc(C(=O)N3CCN(c4nc(C)c(C)cc4C)CC3)cc2)NC(=O)NC1=O. The molecule has 4 rings (SSSR count). The van der Waals surface area contributed by atoms with Crippen molar-refractivity contribution >= 4 is 23.7 Å². The number of rotatable bonds is 5. The third-order valence-corrected chi connectivity index (χ3v) is 6.42. The highest BCUT2D eigenvalue weighted by atomic mass is 16.5. The molecule has 0 aliphatic carbocycles. The molecule has 174 valence electrons. The highest BCUT2D eigenvalue weighted by Crippen LogP contribution is 2.27. The minimum absolute atomic E-state index is 0.00817. The zero-order valence-electron chi connectivity index (χ0n) is 19.4. The van der Waals surface area contributed by atoms with Crippen molar-refractivity contribution in [3.05, 3.63) is 58.3 Å². The van der Waals surface area contributed by atoms with Crippen LogP contribution in [0.3, 0.4) is 0 Å². The van der Waals surface area contributed by atoms with E-state index in [-0.39, 0.29) is 12.5 Å².